The van der Waals surface area contributed by atoms with E-state index >= 15 is 0 Å². The van der Waals surface area contributed by atoms with Gasteiger partial charge in [-0.3, -0.25) is 9.69 Å². The third kappa shape index (κ3) is 2.94. The SMILES string of the molecule is COCCCN1CC(O)C(C(=O)O)C1. The molecule has 0 bridgehead atoms. The van der Waals surface area contributed by atoms with E-state index in [2.05, 4.69) is 0 Å². The fourth-order valence-corrected chi connectivity index (χ4v) is 1.72. The van der Waals surface area contributed by atoms with Gasteiger partial charge in [-0.25, -0.2) is 0 Å². The lowest BCUT2D eigenvalue weighted by molar-refractivity contribution is -0.143. The van der Waals surface area contributed by atoms with Gasteiger partial charge in [-0.05, 0) is 6.42 Å². The van der Waals surface area contributed by atoms with E-state index in [1.165, 1.54) is 0 Å². The van der Waals surface area contributed by atoms with Crippen LogP contribution in [0.15, 0.2) is 0 Å². The van der Waals surface area contributed by atoms with Crippen molar-refractivity contribution in [3.63, 3.8) is 0 Å². The van der Waals surface area contributed by atoms with E-state index in [1.807, 2.05) is 4.90 Å². The number of carboxylic acid groups (broad SMARTS) is 1. The first-order valence-electron chi connectivity index (χ1n) is 4.77. The summed E-state index contributed by atoms with van der Waals surface area (Å²) < 4.78 is 4.90. The first-order chi connectivity index (χ1) is 6.65. The fraction of sp³-hybridized carbons (Fsp3) is 0.889. The van der Waals surface area contributed by atoms with Crippen LogP contribution in [0.4, 0.5) is 0 Å². The van der Waals surface area contributed by atoms with Gasteiger partial charge >= 0.3 is 5.97 Å². The van der Waals surface area contributed by atoms with Crippen molar-refractivity contribution in [2.45, 2.75) is 12.5 Å². The molecule has 1 aliphatic rings. The van der Waals surface area contributed by atoms with Gasteiger partial charge in [0.2, 0.25) is 0 Å². The number of likely N-dealkylation sites (tertiary alicyclic amines) is 1. The third-order valence-corrected chi connectivity index (χ3v) is 2.50. The Morgan fingerprint density at radius 1 is 1.57 bits per heavy atom. The Balaban J connectivity index is 2.28. The summed E-state index contributed by atoms with van der Waals surface area (Å²) in [6.45, 7) is 2.36. The molecule has 1 aliphatic heterocycles. The molecule has 1 heterocycles. The van der Waals surface area contributed by atoms with Crippen LogP contribution in [0.25, 0.3) is 0 Å². The van der Waals surface area contributed by atoms with Gasteiger partial charge in [-0.2, -0.15) is 0 Å². The molecule has 0 aliphatic carbocycles. The van der Waals surface area contributed by atoms with E-state index in [9.17, 15) is 9.90 Å². The number of aliphatic carboxylic acids is 1. The predicted molar refractivity (Wildman–Crippen MR) is 50.1 cm³/mol. The number of aliphatic hydroxyl groups is 1. The summed E-state index contributed by atoms with van der Waals surface area (Å²) in [5.41, 5.74) is 0. The standard InChI is InChI=1S/C9H17NO4/c1-14-4-2-3-10-5-7(9(12)13)8(11)6-10/h7-8,11H,2-6H2,1H3,(H,12,13). The highest BCUT2D eigenvalue weighted by molar-refractivity contribution is 5.71. The average molecular weight is 203 g/mol. The van der Waals surface area contributed by atoms with Gasteiger partial charge in [0, 0.05) is 33.4 Å². The Morgan fingerprint density at radius 2 is 2.29 bits per heavy atom. The molecule has 5 nitrogen and oxygen atoms in total. The van der Waals surface area contributed by atoms with E-state index in [4.69, 9.17) is 9.84 Å². The molecule has 2 N–H and O–H groups in total. The quantitative estimate of drug-likeness (QED) is 0.584. The summed E-state index contributed by atoms with van der Waals surface area (Å²) in [7, 11) is 1.64. The monoisotopic (exact) mass is 203 g/mol. The molecular weight excluding hydrogens is 186 g/mol. The lowest BCUT2D eigenvalue weighted by atomic mass is 10.1. The first kappa shape index (κ1) is 11.4. The van der Waals surface area contributed by atoms with Crippen LogP contribution in [0.3, 0.4) is 0 Å². The Labute approximate surface area is 83.3 Å². The zero-order chi connectivity index (χ0) is 10.6. The Kier molecular flexibility index (Phi) is 4.31. The molecule has 2 atom stereocenters. The lowest BCUT2D eigenvalue weighted by Gasteiger charge is -2.13. The summed E-state index contributed by atoms with van der Waals surface area (Å²) in [4.78, 5) is 12.6. The van der Waals surface area contributed by atoms with Crippen molar-refractivity contribution in [2.75, 3.05) is 33.4 Å². The molecular formula is C9H17NO4. The minimum absolute atomic E-state index is 0.445. The molecule has 1 fully saturated rings. The van der Waals surface area contributed by atoms with Crippen LogP contribution in [-0.2, 0) is 9.53 Å². The van der Waals surface area contributed by atoms with Crippen molar-refractivity contribution < 1.29 is 19.7 Å². The van der Waals surface area contributed by atoms with Crippen LogP contribution >= 0.6 is 0 Å². The van der Waals surface area contributed by atoms with Crippen LogP contribution in [-0.4, -0.2) is 60.5 Å². The number of methoxy groups -OCH3 is 1. The molecule has 0 aromatic heterocycles. The van der Waals surface area contributed by atoms with Crippen molar-refractivity contribution >= 4 is 5.97 Å². The van der Waals surface area contributed by atoms with E-state index in [0.717, 1.165) is 13.0 Å². The van der Waals surface area contributed by atoms with Crippen molar-refractivity contribution in [1.82, 2.24) is 4.90 Å². The number of hydrogen-bond donors (Lipinski definition) is 2. The lowest BCUT2D eigenvalue weighted by Crippen LogP contribution is -2.26. The molecule has 14 heavy (non-hydrogen) atoms. The van der Waals surface area contributed by atoms with Gasteiger partial charge in [-0.1, -0.05) is 0 Å². The van der Waals surface area contributed by atoms with Gasteiger partial charge in [0.15, 0.2) is 0 Å². The van der Waals surface area contributed by atoms with Crippen LogP contribution in [0.2, 0.25) is 0 Å². The predicted octanol–water partition coefficient (Wildman–Crippen LogP) is -0.600. The second kappa shape index (κ2) is 5.29. The maximum Gasteiger partial charge on any atom is 0.310 e. The second-order valence-corrected chi connectivity index (χ2v) is 3.62. The van der Waals surface area contributed by atoms with Crippen LogP contribution < -0.4 is 0 Å². The van der Waals surface area contributed by atoms with Crippen LogP contribution in [0.1, 0.15) is 6.42 Å². The van der Waals surface area contributed by atoms with Crippen LogP contribution in [0, 0.1) is 5.92 Å². The molecule has 0 spiro atoms. The maximum atomic E-state index is 10.7. The normalized spacial score (nSPS) is 28.1. The van der Waals surface area contributed by atoms with E-state index in [1.54, 1.807) is 7.11 Å². The molecule has 0 amide bonds. The zero-order valence-electron chi connectivity index (χ0n) is 8.35. The molecule has 1 rings (SSSR count). The average Bonchev–Trinajstić information content (AvgIpc) is 2.47. The Bertz CT molecular complexity index is 197. The van der Waals surface area contributed by atoms with Gasteiger partial charge in [0.25, 0.3) is 0 Å². The minimum atomic E-state index is -0.910. The van der Waals surface area contributed by atoms with Crippen molar-refractivity contribution in [1.29, 1.82) is 0 Å². The number of ether oxygens (including phenoxy) is 1. The van der Waals surface area contributed by atoms with Gasteiger partial charge in [0.1, 0.15) is 0 Å². The van der Waals surface area contributed by atoms with E-state index in [0.29, 0.717) is 19.7 Å². The number of β-amino-alcohol motifs (C(OH)–C–C–N with tert-alkyl or cyclic N) is 1. The first-order valence-corrected chi connectivity index (χ1v) is 4.77. The highest BCUT2D eigenvalue weighted by Gasteiger charge is 2.35. The third-order valence-electron chi connectivity index (χ3n) is 2.50. The number of carbonyl (C=O) groups is 1. The highest BCUT2D eigenvalue weighted by atomic mass is 16.5. The molecule has 5 heteroatoms. The highest BCUT2D eigenvalue weighted by Crippen LogP contribution is 2.17. The fourth-order valence-electron chi connectivity index (χ4n) is 1.72. The Hall–Kier alpha value is -0.650. The summed E-state index contributed by atoms with van der Waals surface area (Å²) in [6, 6.07) is 0. The number of aliphatic hydroxyl groups excluding tert-OH is 1. The van der Waals surface area contributed by atoms with Crippen molar-refractivity contribution in [3.8, 4) is 0 Å². The number of hydrogen-bond acceptors (Lipinski definition) is 4. The van der Waals surface area contributed by atoms with Gasteiger partial charge < -0.3 is 14.9 Å². The molecule has 2 unspecified atom stereocenters. The molecule has 1 saturated heterocycles. The molecule has 0 radical (unpaired) electrons. The summed E-state index contributed by atoms with van der Waals surface area (Å²) in [5.74, 6) is -1.54. The molecule has 82 valence electrons. The van der Waals surface area contributed by atoms with Crippen LogP contribution in [0.5, 0.6) is 0 Å². The molecule has 0 saturated carbocycles. The largest absolute Gasteiger partial charge is 0.481 e. The summed E-state index contributed by atoms with van der Waals surface area (Å²) in [5, 5.41) is 18.2. The smallest absolute Gasteiger partial charge is 0.310 e. The minimum Gasteiger partial charge on any atom is -0.481 e. The summed E-state index contributed by atoms with van der Waals surface area (Å²) in [6.07, 6.45) is 0.144. The Morgan fingerprint density at radius 3 is 2.79 bits per heavy atom. The summed E-state index contributed by atoms with van der Waals surface area (Å²) >= 11 is 0. The number of carboxylic acids is 1. The van der Waals surface area contributed by atoms with E-state index in [-0.39, 0.29) is 0 Å². The van der Waals surface area contributed by atoms with E-state index < -0.39 is 18.0 Å². The van der Waals surface area contributed by atoms with Crippen molar-refractivity contribution in [2.24, 2.45) is 5.92 Å². The van der Waals surface area contributed by atoms with Gasteiger partial charge in [-0.15, -0.1) is 0 Å². The number of nitrogens with zero attached hydrogens (tertiary/aromatic N) is 1. The van der Waals surface area contributed by atoms with Crippen molar-refractivity contribution in [3.05, 3.63) is 0 Å². The maximum absolute atomic E-state index is 10.7. The number of rotatable bonds is 5. The topological polar surface area (TPSA) is 70.0 Å². The molecule has 0 aromatic carbocycles. The second-order valence-electron chi connectivity index (χ2n) is 3.62. The zero-order valence-corrected chi connectivity index (χ0v) is 8.35. The van der Waals surface area contributed by atoms with Gasteiger partial charge in [0.05, 0.1) is 12.0 Å². The molecule has 0 aromatic rings.